The molecule has 1 aliphatic rings. The van der Waals surface area contributed by atoms with Crippen LogP contribution in [0, 0.1) is 0 Å². The van der Waals surface area contributed by atoms with Crippen molar-refractivity contribution >= 4 is 28.5 Å². The number of ether oxygens (including phenoxy) is 2. The third-order valence-corrected chi connectivity index (χ3v) is 4.14. The first kappa shape index (κ1) is 15.7. The number of carbonyl (C=O) groups is 1. The summed E-state index contributed by atoms with van der Waals surface area (Å²) in [6.45, 7) is 0.217. The predicted molar refractivity (Wildman–Crippen MR) is 87.5 cm³/mol. The fourth-order valence-electron chi connectivity index (χ4n) is 2.78. The molecule has 0 spiro atoms. The summed E-state index contributed by atoms with van der Waals surface area (Å²) in [5, 5.41) is 12.0. The smallest absolute Gasteiger partial charge is 0.193 e. The zero-order valence-electron chi connectivity index (χ0n) is 12.7. The number of halogens is 1. The van der Waals surface area contributed by atoms with Gasteiger partial charge in [-0.05, 0) is 35.9 Å². The van der Waals surface area contributed by atoms with Crippen LogP contribution in [0.4, 0.5) is 0 Å². The van der Waals surface area contributed by atoms with Gasteiger partial charge in [-0.2, -0.15) is 0 Å². The minimum atomic E-state index is -1.34. The number of carbonyl (C=O) groups excluding carboxylic acids is 1. The Morgan fingerprint density at radius 3 is 2.80 bits per heavy atom. The van der Waals surface area contributed by atoms with Crippen molar-refractivity contribution in [3.8, 4) is 17.1 Å². The average molecular weight is 358 g/mol. The van der Waals surface area contributed by atoms with E-state index in [1.165, 1.54) is 24.3 Å². The first-order valence-corrected chi connectivity index (χ1v) is 7.73. The normalized spacial score (nSPS) is 13.3. The van der Waals surface area contributed by atoms with Crippen LogP contribution in [-0.2, 0) is 11.3 Å². The van der Waals surface area contributed by atoms with Gasteiger partial charge < -0.3 is 23.8 Å². The van der Waals surface area contributed by atoms with Crippen molar-refractivity contribution in [3.63, 3.8) is 0 Å². The highest BCUT2D eigenvalue weighted by molar-refractivity contribution is 6.31. The van der Waals surface area contributed by atoms with Crippen molar-refractivity contribution in [2.24, 2.45) is 0 Å². The molecule has 25 heavy (non-hydrogen) atoms. The maximum absolute atomic E-state index is 12.4. The van der Waals surface area contributed by atoms with Gasteiger partial charge in [0.25, 0.3) is 0 Å². The van der Waals surface area contributed by atoms with Crippen LogP contribution in [0.15, 0.2) is 45.6 Å². The number of fused-ring (bicyclic) bond motifs is 2. The number of aromatic carboxylic acids is 1. The first-order chi connectivity index (χ1) is 12.0. The van der Waals surface area contributed by atoms with Gasteiger partial charge >= 0.3 is 0 Å². The lowest BCUT2D eigenvalue weighted by Crippen LogP contribution is -2.23. The van der Waals surface area contributed by atoms with E-state index in [1.54, 1.807) is 12.1 Å². The van der Waals surface area contributed by atoms with Gasteiger partial charge in [-0.15, -0.1) is 0 Å². The molecule has 0 radical (unpaired) electrons. The van der Waals surface area contributed by atoms with Gasteiger partial charge in [0.15, 0.2) is 12.2 Å². The summed E-state index contributed by atoms with van der Waals surface area (Å²) in [6.07, 6.45) is 0. The Hall–Kier alpha value is -2.83. The fourth-order valence-corrected chi connectivity index (χ4v) is 2.95. The molecule has 126 valence electrons. The standard InChI is InChI=1S/C18H11ClO6/c19-11-1-2-15-12(5-11)14(20)6-16(25-15)13-4-9(18(21)22)3-10-7-23-8-24-17(10)13/h1-6H,7-8H2,(H,21,22)/p-1. The summed E-state index contributed by atoms with van der Waals surface area (Å²) >= 11 is 5.91. The van der Waals surface area contributed by atoms with E-state index in [-0.39, 0.29) is 30.2 Å². The van der Waals surface area contributed by atoms with Gasteiger partial charge in [0.2, 0.25) is 0 Å². The first-order valence-electron chi connectivity index (χ1n) is 7.35. The van der Waals surface area contributed by atoms with Crippen LogP contribution in [-0.4, -0.2) is 12.8 Å². The molecule has 4 rings (SSSR count). The molecule has 1 aromatic heterocycles. The topological polar surface area (TPSA) is 88.8 Å². The summed E-state index contributed by atoms with van der Waals surface area (Å²) in [5.74, 6) is -0.724. The molecule has 0 aliphatic carbocycles. The van der Waals surface area contributed by atoms with Crippen molar-refractivity contribution in [1.82, 2.24) is 0 Å². The fraction of sp³-hybridized carbons (Fsp3) is 0.111. The molecule has 0 fully saturated rings. The Morgan fingerprint density at radius 2 is 2.00 bits per heavy atom. The summed E-state index contributed by atoms with van der Waals surface area (Å²) in [6, 6.07) is 8.78. The van der Waals surface area contributed by atoms with Gasteiger partial charge in [-0.3, -0.25) is 4.79 Å². The number of carboxylic acids is 1. The maximum Gasteiger partial charge on any atom is 0.193 e. The monoisotopic (exact) mass is 357 g/mol. The number of carboxylic acid groups (broad SMARTS) is 1. The molecule has 3 aromatic rings. The molecule has 6 nitrogen and oxygen atoms in total. The molecule has 0 N–H and O–H groups in total. The van der Waals surface area contributed by atoms with E-state index in [4.69, 9.17) is 25.5 Å². The molecule has 2 aromatic carbocycles. The molecule has 0 unspecified atom stereocenters. The largest absolute Gasteiger partial charge is 0.545 e. The van der Waals surface area contributed by atoms with Crippen molar-refractivity contribution < 1.29 is 23.8 Å². The lowest BCUT2D eigenvalue weighted by atomic mass is 10.0. The zero-order chi connectivity index (χ0) is 17.6. The van der Waals surface area contributed by atoms with Crippen molar-refractivity contribution in [3.05, 3.63) is 62.8 Å². The highest BCUT2D eigenvalue weighted by Crippen LogP contribution is 2.37. The Labute approximate surface area is 146 Å². The van der Waals surface area contributed by atoms with Gasteiger partial charge in [0.05, 0.1) is 23.5 Å². The average Bonchev–Trinajstić information content (AvgIpc) is 2.61. The van der Waals surface area contributed by atoms with Gasteiger partial charge in [-0.25, -0.2) is 0 Å². The molecule has 0 amide bonds. The molecule has 0 atom stereocenters. The summed E-state index contributed by atoms with van der Waals surface area (Å²) in [4.78, 5) is 23.7. The van der Waals surface area contributed by atoms with Crippen LogP contribution in [0.3, 0.4) is 0 Å². The van der Waals surface area contributed by atoms with Crippen LogP contribution in [0.5, 0.6) is 5.75 Å². The molecular weight excluding hydrogens is 348 g/mol. The van der Waals surface area contributed by atoms with E-state index in [2.05, 4.69) is 0 Å². The number of hydrogen-bond acceptors (Lipinski definition) is 6. The molecule has 0 saturated heterocycles. The second-order valence-electron chi connectivity index (χ2n) is 5.53. The van der Waals surface area contributed by atoms with Gasteiger partial charge in [-0.1, -0.05) is 11.6 Å². The Morgan fingerprint density at radius 1 is 1.16 bits per heavy atom. The van der Waals surface area contributed by atoms with E-state index in [0.717, 1.165) is 0 Å². The highest BCUT2D eigenvalue weighted by atomic mass is 35.5. The van der Waals surface area contributed by atoms with E-state index < -0.39 is 5.97 Å². The second kappa shape index (κ2) is 5.91. The summed E-state index contributed by atoms with van der Waals surface area (Å²) < 4.78 is 16.5. The number of hydrogen-bond donors (Lipinski definition) is 0. The van der Waals surface area contributed by atoms with E-state index >= 15 is 0 Å². The molecular formula is C18H10ClO6-. The molecule has 1 aliphatic heterocycles. The van der Waals surface area contributed by atoms with E-state index in [1.807, 2.05) is 0 Å². The Kier molecular flexibility index (Phi) is 3.71. The highest BCUT2D eigenvalue weighted by Gasteiger charge is 2.20. The van der Waals surface area contributed by atoms with E-state index in [0.29, 0.717) is 32.9 Å². The minimum Gasteiger partial charge on any atom is -0.545 e. The van der Waals surface area contributed by atoms with Crippen molar-refractivity contribution in [1.29, 1.82) is 0 Å². The molecule has 7 heteroatoms. The van der Waals surface area contributed by atoms with Crippen LogP contribution in [0.1, 0.15) is 15.9 Å². The van der Waals surface area contributed by atoms with Gasteiger partial charge in [0.1, 0.15) is 17.1 Å². The van der Waals surface area contributed by atoms with Crippen LogP contribution < -0.4 is 15.3 Å². The summed E-state index contributed by atoms with van der Waals surface area (Å²) in [7, 11) is 0. The third-order valence-electron chi connectivity index (χ3n) is 3.90. The Bertz CT molecular complexity index is 1070. The quantitative estimate of drug-likeness (QED) is 0.699. The lowest BCUT2D eigenvalue weighted by Gasteiger charge is -2.22. The summed E-state index contributed by atoms with van der Waals surface area (Å²) in [5.41, 5.74) is 0.891. The van der Waals surface area contributed by atoms with Crippen LogP contribution in [0.25, 0.3) is 22.3 Å². The van der Waals surface area contributed by atoms with Crippen LogP contribution >= 0.6 is 11.6 Å². The number of rotatable bonds is 2. The second-order valence-corrected chi connectivity index (χ2v) is 5.96. The lowest BCUT2D eigenvalue weighted by molar-refractivity contribution is -0.255. The maximum atomic E-state index is 12.4. The molecule has 2 heterocycles. The van der Waals surface area contributed by atoms with Crippen molar-refractivity contribution in [2.45, 2.75) is 6.61 Å². The van der Waals surface area contributed by atoms with Crippen LogP contribution in [0.2, 0.25) is 5.02 Å². The Balaban J connectivity index is 1.99. The zero-order valence-corrected chi connectivity index (χ0v) is 13.5. The van der Waals surface area contributed by atoms with Gasteiger partial charge in [0, 0.05) is 16.7 Å². The van der Waals surface area contributed by atoms with Crippen molar-refractivity contribution in [2.75, 3.05) is 6.79 Å². The number of benzene rings is 2. The molecule has 0 saturated carbocycles. The SMILES string of the molecule is O=C([O-])c1cc2c(c(-c3cc(=O)c4cc(Cl)ccc4o3)c1)OCOC2. The predicted octanol–water partition coefficient (Wildman–Crippen LogP) is 2.34. The third kappa shape index (κ3) is 2.75. The van der Waals surface area contributed by atoms with E-state index in [9.17, 15) is 14.7 Å². The molecule has 0 bridgehead atoms. The minimum absolute atomic E-state index is 0.0259.